The minimum atomic E-state index is -3.37. The van der Waals surface area contributed by atoms with Crippen LogP contribution in [0.5, 0.6) is 0 Å². The molecule has 0 radical (unpaired) electrons. The van der Waals surface area contributed by atoms with E-state index in [0.29, 0.717) is 13.2 Å². The third-order valence-electron chi connectivity index (χ3n) is 2.93. The first-order chi connectivity index (χ1) is 9.50. The molecule has 1 aromatic carbocycles. The first-order valence-corrected chi connectivity index (χ1v) is 8.42. The number of nitrogens with one attached hydrogen (secondary N) is 1. The second-order valence-corrected chi connectivity index (χ2v) is 6.60. The van der Waals surface area contributed by atoms with E-state index in [1.165, 1.54) is 0 Å². The van der Waals surface area contributed by atoms with E-state index in [4.69, 9.17) is 10.5 Å². The molecule has 1 unspecified atom stereocenters. The lowest BCUT2D eigenvalue weighted by atomic mass is 10.1. The highest BCUT2D eigenvalue weighted by molar-refractivity contribution is 7.88. The molecule has 0 fully saturated rings. The van der Waals surface area contributed by atoms with Crippen molar-refractivity contribution >= 4 is 10.0 Å². The van der Waals surface area contributed by atoms with Crippen LogP contribution in [0, 0.1) is 0 Å². The predicted octanol–water partition coefficient (Wildman–Crippen LogP) is 1.38. The molecule has 0 bridgehead atoms. The Bertz CT molecular complexity index is 497. The SMILES string of the molecule is CCCC(COC)NS(=O)(=O)Cc1cccc(CN)c1. The van der Waals surface area contributed by atoms with Gasteiger partial charge in [0.2, 0.25) is 10.0 Å². The molecule has 0 aliphatic carbocycles. The highest BCUT2D eigenvalue weighted by Crippen LogP contribution is 2.10. The summed E-state index contributed by atoms with van der Waals surface area (Å²) in [4.78, 5) is 0. The topological polar surface area (TPSA) is 81.4 Å². The maximum atomic E-state index is 12.2. The molecular formula is C14H24N2O3S. The van der Waals surface area contributed by atoms with Gasteiger partial charge in [-0.3, -0.25) is 0 Å². The van der Waals surface area contributed by atoms with E-state index in [9.17, 15) is 8.42 Å². The summed E-state index contributed by atoms with van der Waals surface area (Å²) < 4.78 is 32.1. The summed E-state index contributed by atoms with van der Waals surface area (Å²) in [5.41, 5.74) is 7.23. The number of nitrogens with two attached hydrogens (primary N) is 1. The number of hydrogen-bond acceptors (Lipinski definition) is 4. The number of hydrogen-bond donors (Lipinski definition) is 2. The van der Waals surface area contributed by atoms with Crippen molar-refractivity contribution in [1.82, 2.24) is 4.72 Å². The van der Waals surface area contributed by atoms with Crippen LogP contribution < -0.4 is 10.5 Å². The van der Waals surface area contributed by atoms with E-state index in [1.807, 2.05) is 25.1 Å². The molecule has 20 heavy (non-hydrogen) atoms. The fourth-order valence-electron chi connectivity index (χ4n) is 2.09. The fourth-order valence-corrected chi connectivity index (χ4v) is 3.48. The van der Waals surface area contributed by atoms with Gasteiger partial charge in [0.05, 0.1) is 12.4 Å². The van der Waals surface area contributed by atoms with Crippen molar-refractivity contribution in [3.8, 4) is 0 Å². The highest BCUT2D eigenvalue weighted by Gasteiger charge is 2.18. The second kappa shape index (κ2) is 8.36. The van der Waals surface area contributed by atoms with Crippen molar-refractivity contribution in [3.63, 3.8) is 0 Å². The first-order valence-electron chi connectivity index (χ1n) is 6.77. The monoisotopic (exact) mass is 300 g/mol. The zero-order valence-corrected chi connectivity index (χ0v) is 12.9. The molecule has 0 amide bonds. The van der Waals surface area contributed by atoms with E-state index in [-0.39, 0.29) is 11.8 Å². The molecule has 114 valence electrons. The quantitative estimate of drug-likeness (QED) is 0.722. The van der Waals surface area contributed by atoms with Crippen molar-refractivity contribution in [3.05, 3.63) is 35.4 Å². The molecule has 0 saturated carbocycles. The average Bonchev–Trinajstić information content (AvgIpc) is 2.38. The number of rotatable bonds is 9. The Morgan fingerprint density at radius 2 is 2.05 bits per heavy atom. The van der Waals surface area contributed by atoms with Crippen LogP contribution in [0.2, 0.25) is 0 Å². The lowest BCUT2D eigenvalue weighted by Crippen LogP contribution is -2.38. The molecule has 0 aliphatic rings. The molecule has 1 atom stereocenters. The van der Waals surface area contributed by atoms with Crippen molar-refractivity contribution in [2.45, 2.75) is 38.1 Å². The zero-order valence-electron chi connectivity index (χ0n) is 12.1. The van der Waals surface area contributed by atoms with Gasteiger partial charge in [-0.25, -0.2) is 13.1 Å². The summed E-state index contributed by atoms with van der Waals surface area (Å²) >= 11 is 0. The van der Waals surface area contributed by atoms with Crippen LogP contribution in [0.3, 0.4) is 0 Å². The predicted molar refractivity (Wildman–Crippen MR) is 80.7 cm³/mol. The van der Waals surface area contributed by atoms with Crippen molar-refractivity contribution in [2.75, 3.05) is 13.7 Å². The Balaban J connectivity index is 2.72. The Morgan fingerprint density at radius 3 is 2.65 bits per heavy atom. The number of ether oxygens (including phenoxy) is 1. The van der Waals surface area contributed by atoms with Crippen LogP contribution in [-0.2, 0) is 27.1 Å². The van der Waals surface area contributed by atoms with Gasteiger partial charge in [-0.1, -0.05) is 37.6 Å². The molecule has 1 rings (SSSR count). The number of sulfonamides is 1. The molecule has 0 aromatic heterocycles. The van der Waals surface area contributed by atoms with E-state index in [1.54, 1.807) is 13.2 Å². The highest BCUT2D eigenvalue weighted by atomic mass is 32.2. The Labute approximate surface area is 121 Å². The molecule has 1 aromatic rings. The van der Waals surface area contributed by atoms with Gasteiger partial charge in [0.25, 0.3) is 0 Å². The molecule has 6 heteroatoms. The lowest BCUT2D eigenvalue weighted by molar-refractivity contribution is 0.171. The summed E-state index contributed by atoms with van der Waals surface area (Å²) in [5.74, 6) is -0.0369. The molecule has 5 nitrogen and oxygen atoms in total. The summed E-state index contributed by atoms with van der Waals surface area (Å²) in [5, 5.41) is 0. The van der Waals surface area contributed by atoms with Crippen LogP contribution in [-0.4, -0.2) is 28.2 Å². The summed E-state index contributed by atoms with van der Waals surface area (Å²) in [6, 6.07) is 7.15. The number of benzene rings is 1. The van der Waals surface area contributed by atoms with Gasteiger partial charge in [-0.15, -0.1) is 0 Å². The lowest BCUT2D eigenvalue weighted by Gasteiger charge is -2.17. The normalized spacial score (nSPS) is 13.3. The van der Waals surface area contributed by atoms with E-state index in [2.05, 4.69) is 4.72 Å². The summed E-state index contributed by atoms with van der Waals surface area (Å²) in [7, 11) is -1.80. The third kappa shape index (κ3) is 6.00. The molecule has 0 spiro atoms. The largest absolute Gasteiger partial charge is 0.383 e. The van der Waals surface area contributed by atoms with Crippen molar-refractivity contribution in [2.24, 2.45) is 5.73 Å². The van der Waals surface area contributed by atoms with Crippen LogP contribution in [0.4, 0.5) is 0 Å². The first kappa shape index (κ1) is 17.1. The maximum absolute atomic E-state index is 12.2. The summed E-state index contributed by atoms with van der Waals surface area (Å²) in [6.45, 7) is 2.81. The van der Waals surface area contributed by atoms with Crippen LogP contribution in [0.25, 0.3) is 0 Å². The third-order valence-corrected chi connectivity index (χ3v) is 4.34. The van der Waals surface area contributed by atoms with Crippen molar-refractivity contribution in [1.29, 1.82) is 0 Å². The summed E-state index contributed by atoms with van der Waals surface area (Å²) in [6.07, 6.45) is 1.66. The molecule has 0 heterocycles. The Hall–Kier alpha value is -0.950. The van der Waals surface area contributed by atoms with Gasteiger partial charge in [0, 0.05) is 19.7 Å². The standard InChI is InChI=1S/C14H24N2O3S/c1-3-5-14(10-19-2)16-20(17,18)11-13-7-4-6-12(8-13)9-15/h4,6-8,14,16H,3,5,9-11,15H2,1-2H3. The minimum absolute atomic E-state index is 0.0369. The minimum Gasteiger partial charge on any atom is -0.383 e. The van der Waals surface area contributed by atoms with E-state index < -0.39 is 10.0 Å². The Kier molecular flexibility index (Phi) is 7.15. The number of methoxy groups -OCH3 is 1. The zero-order chi connectivity index (χ0) is 15.0. The van der Waals surface area contributed by atoms with Gasteiger partial charge >= 0.3 is 0 Å². The molecule has 0 saturated heterocycles. The van der Waals surface area contributed by atoms with Gasteiger partial charge in [-0.2, -0.15) is 0 Å². The van der Waals surface area contributed by atoms with E-state index in [0.717, 1.165) is 24.0 Å². The smallest absolute Gasteiger partial charge is 0.216 e. The second-order valence-electron chi connectivity index (χ2n) is 4.84. The van der Waals surface area contributed by atoms with Gasteiger partial charge in [-0.05, 0) is 17.5 Å². The van der Waals surface area contributed by atoms with Gasteiger partial charge in [0.15, 0.2) is 0 Å². The van der Waals surface area contributed by atoms with Crippen LogP contribution >= 0.6 is 0 Å². The molecule has 0 aliphatic heterocycles. The maximum Gasteiger partial charge on any atom is 0.216 e. The van der Waals surface area contributed by atoms with Gasteiger partial charge in [0.1, 0.15) is 0 Å². The van der Waals surface area contributed by atoms with E-state index >= 15 is 0 Å². The van der Waals surface area contributed by atoms with Gasteiger partial charge < -0.3 is 10.5 Å². The molecular weight excluding hydrogens is 276 g/mol. The average molecular weight is 300 g/mol. The molecule has 3 N–H and O–H groups in total. The Morgan fingerprint density at radius 1 is 1.35 bits per heavy atom. The fraction of sp³-hybridized carbons (Fsp3) is 0.571. The van der Waals surface area contributed by atoms with Crippen molar-refractivity contribution < 1.29 is 13.2 Å². The van der Waals surface area contributed by atoms with Crippen LogP contribution in [0.1, 0.15) is 30.9 Å². The van der Waals surface area contributed by atoms with Crippen LogP contribution in [0.15, 0.2) is 24.3 Å².